The van der Waals surface area contributed by atoms with Crippen LogP contribution in [0.1, 0.15) is 53.0 Å². The fourth-order valence-corrected chi connectivity index (χ4v) is 4.89. The lowest BCUT2D eigenvalue weighted by molar-refractivity contribution is 0.0893. The number of imidazole rings is 1. The summed E-state index contributed by atoms with van der Waals surface area (Å²) in [6.07, 6.45) is 2.02. The van der Waals surface area contributed by atoms with Gasteiger partial charge in [0.25, 0.3) is 11.8 Å². The molecule has 1 aromatic heterocycles. The van der Waals surface area contributed by atoms with Gasteiger partial charge in [-0.1, -0.05) is 26.0 Å². The van der Waals surface area contributed by atoms with Gasteiger partial charge in [-0.25, -0.2) is 9.69 Å². The van der Waals surface area contributed by atoms with Crippen LogP contribution < -0.4 is 15.5 Å². The molecule has 0 saturated heterocycles. The number of H-pyrrole nitrogens is 2. The van der Waals surface area contributed by atoms with E-state index in [9.17, 15) is 14.4 Å². The van der Waals surface area contributed by atoms with Gasteiger partial charge in [0, 0.05) is 40.7 Å². The summed E-state index contributed by atoms with van der Waals surface area (Å²) in [4.78, 5) is 48.0. The molecule has 168 valence electrons. The number of anilines is 2. The van der Waals surface area contributed by atoms with Crippen molar-refractivity contribution >= 4 is 45.0 Å². The van der Waals surface area contributed by atoms with Crippen molar-refractivity contribution in [3.05, 3.63) is 69.6 Å². The number of hydrogen-bond donors (Lipinski definition) is 2. The molecule has 0 aliphatic carbocycles. The Morgan fingerprint density at radius 2 is 1.48 bits per heavy atom. The predicted molar refractivity (Wildman–Crippen MR) is 132 cm³/mol. The van der Waals surface area contributed by atoms with E-state index in [2.05, 4.69) is 28.7 Å². The Labute approximate surface area is 191 Å². The molecule has 0 spiro atoms. The number of amides is 2. The maximum absolute atomic E-state index is 13.7. The number of nitrogens with one attached hydrogen (secondary N) is 2. The second-order valence-corrected chi connectivity index (χ2v) is 8.56. The van der Waals surface area contributed by atoms with E-state index in [1.807, 2.05) is 31.2 Å². The minimum absolute atomic E-state index is 0.329. The van der Waals surface area contributed by atoms with E-state index < -0.39 is 0 Å². The molecule has 2 heterocycles. The number of aromatic amines is 2. The lowest BCUT2D eigenvalue weighted by Crippen LogP contribution is -2.41. The van der Waals surface area contributed by atoms with Crippen LogP contribution >= 0.6 is 0 Å². The SMILES string of the molecule is CCCN(CCC)c1ccc2c3c(cccc13)C(=O)N(c1cc3[nH]c(=O)[nH]c3cc1C)C2=O. The minimum Gasteiger partial charge on any atom is -0.371 e. The average molecular weight is 443 g/mol. The highest BCUT2D eigenvalue weighted by Gasteiger charge is 2.35. The normalized spacial score (nSPS) is 13.4. The highest BCUT2D eigenvalue weighted by Crippen LogP contribution is 2.38. The average Bonchev–Trinajstić information content (AvgIpc) is 3.16. The number of nitrogens with zero attached hydrogens (tertiary/aromatic N) is 2. The van der Waals surface area contributed by atoms with Gasteiger partial charge in [0.05, 0.1) is 16.7 Å². The van der Waals surface area contributed by atoms with Crippen molar-refractivity contribution in [2.45, 2.75) is 33.6 Å². The summed E-state index contributed by atoms with van der Waals surface area (Å²) in [6.45, 7) is 7.95. The molecule has 0 fully saturated rings. The van der Waals surface area contributed by atoms with Gasteiger partial charge >= 0.3 is 5.69 Å². The molecule has 0 radical (unpaired) electrons. The summed E-state index contributed by atoms with van der Waals surface area (Å²) in [6, 6.07) is 13.0. The lowest BCUT2D eigenvalue weighted by atomic mass is 9.92. The molecule has 7 nitrogen and oxygen atoms in total. The Morgan fingerprint density at radius 1 is 0.848 bits per heavy atom. The topological polar surface area (TPSA) is 89.3 Å². The number of imide groups is 1. The van der Waals surface area contributed by atoms with Crippen molar-refractivity contribution in [1.82, 2.24) is 9.97 Å². The summed E-state index contributed by atoms with van der Waals surface area (Å²) < 4.78 is 0. The third kappa shape index (κ3) is 3.23. The van der Waals surface area contributed by atoms with Crippen LogP contribution in [0.4, 0.5) is 11.4 Å². The number of carbonyl (C=O) groups excluding carboxylic acids is 2. The van der Waals surface area contributed by atoms with Crippen LogP contribution in [0, 0.1) is 6.92 Å². The number of fused-ring (bicyclic) bond motifs is 1. The molecule has 2 amide bonds. The molecule has 0 bridgehead atoms. The van der Waals surface area contributed by atoms with Crippen molar-refractivity contribution in [3.8, 4) is 0 Å². The Balaban J connectivity index is 1.69. The molecule has 0 atom stereocenters. The van der Waals surface area contributed by atoms with Gasteiger partial charge in [0.1, 0.15) is 0 Å². The largest absolute Gasteiger partial charge is 0.371 e. The number of aromatic nitrogens is 2. The zero-order chi connectivity index (χ0) is 23.3. The molecule has 2 N–H and O–H groups in total. The van der Waals surface area contributed by atoms with E-state index in [1.165, 1.54) is 4.90 Å². The quantitative estimate of drug-likeness (QED) is 0.422. The van der Waals surface area contributed by atoms with Gasteiger partial charge in [0.15, 0.2) is 0 Å². The number of hydrogen-bond acceptors (Lipinski definition) is 4. The van der Waals surface area contributed by atoms with Crippen LogP contribution in [-0.4, -0.2) is 34.9 Å². The molecule has 3 aromatic carbocycles. The first-order valence-electron chi connectivity index (χ1n) is 11.4. The number of aryl methyl sites for hydroxylation is 1. The van der Waals surface area contributed by atoms with Crippen LogP contribution in [-0.2, 0) is 0 Å². The monoisotopic (exact) mass is 442 g/mol. The second-order valence-electron chi connectivity index (χ2n) is 8.56. The van der Waals surface area contributed by atoms with Gasteiger partial charge in [-0.15, -0.1) is 0 Å². The molecule has 7 heteroatoms. The van der Waals surface area contributed by atoms with Gasteiger partial charge in [-0.2, -0.15) is 0 Å². The standard InChI is InChI=1S/C26H26N4O3/c1-4-11-29(12-5-2)21-10-9-18-23-16(21)7-6-8-17(23)24(31)30(25(18)32)22-14-20-19(13-15(22)3)27-26(33)28-20/h6-10,13-14H,4-5,11-12H2,1-3H3,(H2,27,28,33). The smallest absolute Gasteiger partial charge is 0.323 e. The molecule has 5 rings (SSSR count). The highest BCUT2D eigenvalue weighted by molar-refractivity contribution is 6.36. The van der Waals surface area contributed by atoms with Crippen LogP contribution in [0.2, 0.25) is 0 Å². The number of carbonyl (C=O) groups is 2. The van der Waals surface area contributed by atoms with Crippen molar-refractivity contribution in [1.29, 1.82) is 0 Å². The van der Waals surface area contributed by atoms with Crippen molar-refractivity contribution < 1.29 is 9.59 Å². The highest BCUT2D eigenvalue weighted by atomic mass is 16.2. The zero-order valence-electron chi connectivity index (χ0n) is 19.0. The Morgan fingerprint density at radius 3 is 2.15 bits per heavy atom. The summed E-state index contributed by atoms with van der Waals surface area (Å²) in [7, 11) is 0. The second kappa shape index (κ2) is 7.92. The van der Waals surface area contributed by atoms with Crippen molar-refractivity contribution in [3.63, 3.8) is 0 Å². The Hall–Kier alpha value is -3.87. The molecular formula is C26H26N4O3. The lowest BCUT2D eigenvalue weighted by Gasteiger charge is -2.31. The van der Waals surface area contributed by atoms with Gasteiger partial charge in [-0.05, 0) is 55.7 Å². The van der Waals surface area contributed by atoms with Crippen LogP contribution in [0.25, 0.3) is 21.8 Å². The van der Waals surface area contributed by atoms with Crippen molar-refractivity contribution in [2.75, 3.05) is 22.9 Å². The molecular weight excluding hydrogens is 416 g/mol. The molecule has 1 aliphatic rings. The first kappa shape index (κ1) is 21.0. The van der Waals surface area contributed by atoms with Crippen LogP contribution in [0.15, 0.2) is 47.3 Å². The zero-order valence-corrected chi connectivity index (χ0v) is 19.0. The maximum Gasteiger partial charge on any atom is 0.323 e. The minimum atomic E-state index is -0.354. The Kier molecular flexibility index (Phi) is 5.04. The van der Waals surface area contributed by atoms with Gasteiger partial charge in [0.2, 0.25) is 0 Å². The summed E-state index contributed by atoms with van der Waals surface area (Å²) in [5, 5.41) is 1.64. The maximum atomic E-state index is 13.7. The summed E-state index contributed by atoms with van der Waals surface area (Å²) >= 11 is 0. The van der Waals surface area contributed by atoms with E-state index in [-0.39, 0.29) is 17.5 Å². The van der Waals surface area contributed by atoms with Crippen LogP contribution in [0.5, 0.6) is 0 Å². The molecule has 1 aliphatic heterocycles. The molecule has 0 saturated carbocycles. The molecule has 0 unspecified atom stereocenters. The predicted octanol–water partition coefficient (Wildman–Crippen LogP) is 4.74. The fraction of sp³-hybridized carbons (Fsp3) is 0.269. The fourth-order valence-electron chi connectivity index (χ4n) is 4.89. The number of rotatable bonds is 6. The van der Waals surface area contributed by atoms with Gasteiger partial charge < -0.3 is 14.9 Å². The van der Waals surface area contributed by atoms with E-state index in [1.54, 1.807) is 18.2 Å². The Bertz CT molecular complexity index is 1450. The molecule has 33 heavy (non-hydrogen) atoms. The van der Waals surface area contributed by atoms with E-state index in [0.29, 0.717) is 33.2 Å². The van der Waals surface area contributed by atoms with Crippen LogP contribution in [0.3, 0.4) is 0 Å². The molecule has 4 aromatic rings. The third-order valence-corrected chi connectivity index (χ3v) is 6.29. The first-order chi connectivity index (χ1) is 15.9. The first-order valence-corrected chi connectivity index (χ1v) is 11.4. The van der Waals surface area contributed by atoms with E-state index in [4.69, 9.17) is 0 Å². The summed E-state index contributed by atoms with van der Waals surface area (Å²) in [5.41, 5.74) is 4.13. The number of benzene rings is 3. The van der Waals surface area contributed by atoms with E-state index in [0.717, 1.165) is 42.6 Å². The van der Waals surface area contributed by atoms with Crippen molar-refractivity contribution in [2.24, 2.45) is 0 Å². The van der Waals surface area contributed by atoms with E-state index >= 15 is 0 Å². The van der Waals surface area contributed by atoms with Gasteiger partial charge in [-0.3, -0.25) is 9.59 Å². The summed E-state index contributed by atoms with van der Waals surface area (Å²) in [5.74, 6) is -0.707. The third-order valence-electron chi connectivity index (χ3n) is 6.29.